The molecule has 0 aliphatic carbocycles. The fourth-order valence-corrected chi connectivity index (χ4v) is 1.74. The van der Waals surface area contributed by atoms with E-state index in [1.165, 1.54) is 19.3 Å². The van der Waals surface area contributed by atoms with Crippen molar-refractivity contribution in [3.8, 4) is 0 Å². The van der Waals surface area contributed by atoms with E-state index < -0.39 is 0 Å². The van der Waals surface area contributed by atoms with E-state index in [-0.39, 0.29) is 43.5 Å². The van der Waals surface area contributed by atoms with E-state index in [1.54, 1.807) is 0 Å². The van der Waals surface area contributed by atoms with Crippen LogP contribution in [0.2, 0.25) is 0 Å². The van der Waals surface area contributed by atoms with Crippen molar-refractivity contribution in [1.29, 1.82) is 0 Å². The maximum absolute atomic E-state index is 5.52. The van der Waals surface area contributed by atoms with Gasteiger partial charge in [-0.1, -0.05) is 0 Å². The molecule has 0 aromatic rings. The number of hydrogen-bond acceptors (Lipinski definition) is 1. The average molecular weight is 304 g/mol. The summed E-state index contributed by atoms with van der Waals surface area (Å²) in [7, 11) is 0. The van der Waals surface area contributed by atoms with Gasteiger partial charge in [0.15, 0.2) is 0 Å². The van der Waals surface area contributed by atoms with E-state index >= 15 is 0 Å². The predicted octanol–water partition coefficient (Wildman–Crippen LogP) is 2.00. The molecule has 1 nitrogen and oxygen atoms in total. The van der Waals surface area contributed by atoms with Crippen LogP contribution in [-0.2, 0) is 24.2 Å². The smallest absolute Gasteiger partial charge is 0.0557 e. The van der Waals surface area contributed by atoms with Crippen LogP contribution in [0, 0.1) is 12.8 Å². The van der Waals surface area contributed by atoms with Crippen molar-refractivity contribution in [2.75, 3.05) is 0 Å². The Kier molecular flexibility index (Phi) is 4.94. The summed E-state index contributed by atoms with van der Waals surface area (Å²) in [5, 5.41) is 0. The molecule has 0 spiro atoms. The maximum Gasteiger partial charge on any atom is 0.0557 e. The maximum atomic E-state index is 5.52. The van der Waals surface area contributed by atoms with E-state index in [4.69, 9.17) is 4.74 Å². The Hall–Kier alpha value is 1.31. The van der Waals surface area contributed by atoms with Crippen LogP contribution in [0.15, 0.2) is 0 Å². The molecule has 0 N–H and O–H groups in total. The molecule has 0 saturated carbocycles. The van der Waals surface area contributed by atoms with Gasteiger partial charge in [-0.2, -0.15) is 0 Å². The van der Waals surface area contributed by atoms with Gasteiger partial charge in [-0.15, -0.1) is 29.9 Å². The normalized spacial score (nSPS) is 42.3. The Labute approximate surface area is 92.1 Å². The van der Waals surface area contributed by atoms with Crippen LogP contribution in [0.5, 0.6) is 0 Å². The second-order valence-corrected chi connectivity index (χ2v) is 2.87. The van der Waals surface area contributed by atoms with Crippen LogP contribution >= 0.6 is 24.0 Å². The van der Waals surface area contributed by atoms with Crippen molar-refractivity contribution >= 4 is 24.0 Å². The second kappa shape index (κ2) is 4.37. The quantitative estimate of drug-likeness (QED) is 0.378. The Morgan fingerprint density at radius 3 is 2.20 bits per heavy atom. The number of rotatable bonds is 0. The van der Waals surface area contributed by atoms with Crippen molar-refractivity contribution in [2.24, 2.45) is 5.92 Å². The molecule has 0 amide bonds. The van der Waals surface area contributed by atoms with Gasteiger partial charge in [0.1, 0.15) is 0 Å². The fraction of sp³-hybridized carbons (Fsp3) is 0.857. The van der Waals surface area contributed by atoms with Gasteiger partial charge in [-0.25, -0.2) is 0 Å². The summed E-state index contributed by atoms with van der Waals surface area (Å²) >= 11 is 0. The molecule has 0 aromatic heterocycles. The summed E-state index contributed by atoms with van der Waals surface area (Å²) in [6.07, 6.45) is 4.88. The van der Waals surface area contributed by atoms with Crippen LogP contribution in [0.4, 0.5) is 0 Å². The predicted molar refractivity (Wildman–Crippen MR) is 46.8 cm³/mol. The first-order valence-electron chi connectivity index (χ1n) is 3.35. The summed E-state index contributed by atoms with van der Waals surface area (Å²) in [6.45, 7) is 4.00. The molecule has 56 valence electrons. The molecular formula is C7H12IOZn-. The third kappa shape index (κ3) is 1.92. The Morgan fingerprint density at radius 2 is 2.00 bits per heavy atom. The minimum atomic E-state index is 0. The zero-order valence-electron chi connectivity index (χ0n) is 6.08. The summed E-state index contributed by atoms with van der Waals surface area (Å²) in [6, 6.07) is 0. The summed E-state index contributed by atoms with van der Waals surface area (Å²) in [4.78, 5) is 0. The summed E-state index contributed by atoms with van der Waals surface area (Å²) in [5.41, 5.74) is 0. The zero-order valence-corrected chi connectivity index (χ0v) is 11.4. The van der Waals surface area contributed by atoms with E-state index in [0.717, 1.165) is 0 Å². The molecule has 2 bridgehead atoms. The largest absolute Gasteiger partial charge is 0.377 e. The molecule has 3 atom stereocenters. The Balaban J connectivity index is 0.000000405. The topological polar surface area (TPSA) is 9.23 Å². The molecule has 2 aliphatic heterocycles. The van der Waals surface area contributed by atoms with Crippen LogP contribution < -0.4 is 0 Å². The van der Waals surface area contributed by atoms with Gasteiger partial charge >= 0.3 is 0 Å². The molecule has 2 heterocycles. The average Bonchev–Trinajstić information content (AvgIpc) is 2.23. The summed E-state index contributed by atoms with van der Waals surface area (Å²) in [5.74, 6) is 0.605. The van der Waals surface area contributed by atoms with Crippen LogP contribution in [0.1, 0.15) is 19.3 Å². The van der Waals surface area contributed by atoms with Crippen LogP contribution in [-0.4, -0.2) is 12.2 Å². The molecular weight excluding hydrogens is 292 g/mol. The fourth-order valence-electron chi connectivity index (χ4n) is 1.74. The van der Waals surface area contributed by atoms with Gasteiger partial charge in [-0.3, -0.25) is 0 Å². The molecule has 0 radical (unpaired) electrons. The number of hydrogen-bond donors (Lipinski definition) is 0. The molecule has 2 aliphatic rings. The van der Waals surface area contributed by atoms with E-state index in [9.17, 15) is 0 Å². The van der Waals surface area contributed by atoms with Crippen molar-refractivity contribution in [1.82, 2.24) is 0 Å². The van der Waals surface area contributed by atoms with Crippen LogP contribution in [0.25, 0.3) is 0 Å². The molecule has 10 heavy (non-hydrogen) atoms. The minimum absolute atomic E-state index is 0. The summed E-state index contributed by atoms with van der Waals surface area (Å²) < 4.78 is 5.52. The van der Waals surface area contributed by atoms with E-state index in [2.05, 4.69) is 6.92 Å². The monoisotopic (exact) mass is 303 g/mol. The van der Waals surface area contributed by atoms with E-state index in [0.29, 0.717) is 18.1 Å². The third-order valence-electron chi connectivity index (χ3n) is 2.23. The SMILES string of the molecule is I.[CH2-][C@@H]1C[C@@H]2CCC1O2.[Zn]. The molecule has 2 saturated heterocycles. The van der Waals surface area contributed by atoms with Gasteiger partial charge in [0.05, 0.1) is 6.10 Å². The molecule has 2 rings (SSSR count). The van der Waals surface area contributed by atoms with Gasteiger partial charge < -0.3 is 11.7 Å². The second-order valence-electron chi connectivity index (χ2n) is 2.87. The zero-order chi connectivity index (χ0) is 5.56. The minimum Gasteiger partial charge on any atom is -0.377 e. The van der Waals surface area contributed by atoms with Gasteiger partial charge in [-0.05, 0) is 19.3 Å². The van der Waals surface area contributed by atoms with Gasteiger partial charge in [0.2, 0.25) is 0 Å². The molecule has 3 heteroatoms. The number of fused-ring (bicyclic) bond motifs is 2. The van der Waals surface area contributed by atoms with Crippen molar-refractivity contribution < 1.29 is 24.2 Å². The standard InChI is InChI=1S/C7H11O.HI.Zn/c1-5-4-6-2-3-7(5)8-6;;/h5-7H,1-4H2;1H;/q-1;;/t5-,6+,7?;;/m1../s1. The van der Waals surface area contributed by atoms with Crippen molar-refractivity contribution in [2.45, 2.75) is 31.5 Å². The third-order valence-corrected chi connectivity index (χ3v) is 2.23. The molecule has 1 unspecified atom stereocenters. The molecule has 2 fully saturated rings. The first-order valence-corrected chi connectivity index (χ1v) is 3.35. The van der Waals surface area contributed by atoms with E-state index in [1.807, 2.05) is 0 Å². The Bertz CT molecular complexity index is 108. The van der Waals surface area contributed by atoms with Gasteiger partial charge in [0, 0.05) is 25.6 Å². The van der Waals surface area contributed by atoms with Gasteiger partial charge in [0.25, 0.3) is 0 Å². The first kappa shape index (κ1) is 11.3. The first-order chi connectivity index (χ1) is 3.86. The van der Waals surface area contributed by atoms with Crippen molar-refractivity contribution in [3.63, 3.8) is 0 Å². The number of halogens is 1. The molecule has 0 aromatic carbocycles. The van der Waals surface area contributed by atoms with Crippen molar-refractivity contribution in [3.05, 3.63) is 6.92 Å². The Morgan fingerprint density at radius 1 is 1.30 bits per heavy atom. The number of ether oxygens (including phenoxy) is 1. The van der Waals surface area contributed by atoms with Crippen LogP contribution in [0.3, 0.4) is 0 Å².